The minimum atomic E-state index is -0.249. The highest BCUT2D eigenvalue weighted by atomic mass is 16.3. The van der Waals surface area contributed by atoms with Crippen LogP contribution < -0.4 is 5.32 Å². The fourth-order valence-corrected chi connectivity index (χ4v) is 2.41. The fraction of sp³-hybridized carbons (Fsp3) is 0.667. The average molecular weight is 277 g/mol. The summed E-state index contributed by atoms with van der Waals surface area (Å²) in [7, 11) is 0. The summed E-state index contributed by atoms with van der Waals surface area (Å²) in [5, 5.41) is 13.3. The normalized spacial score (nSPS) is 14.5. The predicted octanol–water partition coefficient (Wildman–Crippen LogP) is 4.09. The van der Waals surface area contributed by atoms with Crippen LogP contribution in [-0.2, 0) is 6.42 Å². The van der Waals surface area contributed by atoms with Gasteiger partial charge in [0.05, 0.1) is 6.10 Å². The second-order valence-corrected chi connectivity index (χ2v) is 6.26. The zero-order valence-corrected chi connectivity index (χ0v) is 13.5. The number of nitrogens with one attached hydrogen (secondary N) is 1. The van der Waals surface area contributed by atoms with Gasteiger partial charge < -0.3 is 10.4 Å². The molecule has 0 aliphatic rings. The maximum atomic E-state index is 9.89. The summed E-state index contributed by atoms with van der Waals surface area (Å²) in [4.78, 5) is 0. The molecule has 1 aromatic rings. The minimum Gasteiger partial charge on any atom is -0.392 e. The van der Waals surface area contributed by atoms with Gasteiger partial charge in [-0.2, -0.15) is 0 Å². The molecular weight excluding hydrogens is 246 g/mol. The topological polar surface area (TPSA) is 32.3 Å². The van der Waals surface area contributed by atoms with Crippen LogP contribution >= 0.6 is 0 Å². The molecule has 0 heterocycles. The van der Waals surface area contributed by atoms with Gasteiger partial charge in [-0.05, 0) is 43.2 Å². The summed E-state index contributed by atoms with van der Waals surface area (Å²) < 4.78 is 0. The quantitative estimate of drug-likeness (QED) is 0.712. The van der Waals surface area contributed by atoms with E-state index in [9.17, 15) is 5.11 Å². The molecule has 0 saturated carbocycles. The first-order chi connectivity index (χ1) is 9.52. The highest BCUT2D eigenvalue weighted by molar-refractivity contribution is 5.24. The molecule has 0 saturated heterocycles. The van der Waals surface area contributed by atoms with Crippen molar-refractivity contribution in [1.29, 1.82) is 0 Å². The number of hydrogen-bond donors (Lipinski definition) is 2. The molecule has 0 radical (unpaired) electrons. The summed E-state index contributed by atoms with van der Waals surface area (Å²) in [5.41, 5.74) is 2.71. The van der Waals surface area contributed by atoms with Crippen LogP contribution in [0.4, 0.5) is 0 Å². The molecule has 2 atom stereocenters. The zero-order chi connectivity index (χ0) is 15.0. The van der Waals surface area contributed by atoms with E-state index in [-0.39, 0.29) is 12.1 Å². The highest BCUT2D eigenvalue weighted by Gasteiger charge is 2.10. The van der Waals surface area contributed by atoms with Crippen molar-refractivity contribution in [2.24, 2.45) is 5.92 Å². The molecular formula is C18H31NO. The molecule has 2 unspecified atom stereocenters. The molecule has 0 bridgehead atoms. The maximum absolute atomic E-state index is 9.89. The second-order valence-electron chi connectivity index (χ2n) is 6.26. The summed E-state index contributed by atoms with van der Waals surface area (Å²) in [6.07, 6.45) is 4.28. The van der Waals surface area contributed by atoms with Crippen LogP contribution in [0.3, 0.4) is 0 Å². The van der Waals surface area contributed by atoms with Gasteiger partial charge in [-0.1, -0.05) is 51.5 Å². The van der Waals surface area contributed by atoms with Gasteiger partial charge >= 0.3 is 0 Å². The van der Waals surface area contributed by atoms with Crippen molar-refractivity contribution >= 4 is 0 Å². The first kappa shape index (κ1) is 17.2. The van der Waals surface area contributed by atoms with Crippen molar-refractivity contribution in [2.75, 3.05) is 6.54 Å². The number of aliphatic hydroxyl groups excluding tert-OH is 1. The monoisotopic (exact) mass is 277 g/mol. The lowest BCUT2D eigenvalue weighted by atomic mass is 10.0. The number of unbranched alkanes of at least 4 members (excludes halogenated alkanes) is 1. The van der Waals surface area contributed by atoms with Gasteiger partial charge in [0.1, 0.15) is 0 Å². The average Bonchev–Trinajstić information content (AvgIpc) is 2.42. The van der Waals surface area contributed by atoms with Crippen LogP contribution in [0.2, 0.25) is 0 Å². The molecule has 2 N–H and O–H groups in total. The molecule has 2 nitrogen and oxygen atoms in total. The van der Waals surface area contributed by atoms with E-state index in [1.165, 1.54) is 30.4 Å². The minimum absolute atomic E-state index is 0.249. The first-order valence-corrected chi connectivity index (χ1v) is 8.03. The Hall–Kier alpha value is -0.860. The molecule has 114 valence electrons. The molecule has 0 fully saturated rings. The molecule has 0 aromatic heterocycles. The van der Waals surface area contributed by atoms with E-state index in [1.807, 2.05) is 0 Å². The number of rotatable bonds is 9. The summed E-state index contributed by atoms with van der Waals surface area (Å²) >= 11 is 0. The van der Waals surface area contributed by atoms with E-state index in [1.54, 1.807) is 0 Å². The van der Waals surface area contributed by atoms with Crippen molar-refractivity contribution in [2.45, 2.75) is 65.5 Å². The van der Waals surface area contributed by atoms with Gasteiger partial charge in [0, 0.05) is 12.6 Å². The fourth-order valence-electron chi connectivity index (χ4n) is 2.41. The Balaban J connectivity index is 2.41. The Morgan fingerprint density at radius 2 is 1.75 bits per heavy atom. The van der Waals surface area contributed by atoms with Gasteiger partial charge in [0.25, 0.3) is 0 Å². The smallest absolute Gasteiger partial charge is 0.0667 e. The Morgan fingerprint density at radius 3 is 2.30 bits per heavy atom. The molecule has 0 amide bonds. The van der Waals surface area contributed by atoms with Crippen molar-refractivity contribution in [3.63, 3.8) is 0 Å². The van der Waals surface area contributed by atoms with E-state index < -0.39 is 0 Å². The Kier molecular flexibility index (Phi) is 7.86. The molecule has 1 aromatic carbocycles. The number of hydrogen-bond acceptors (Lipinski definition) is 2. The third kappa shape index (κ3) is 6.53. The van der Waals surface area contributed by atoms with E-state index in [2.05, 4.69) is 57.3 Å². The molecule has 0 spiro atoms. The highest BCUT2D eigenvalue weighted by Crippen LogP contribution is 2.15. The molecule has 2 heteroatoms. The van der Waals surface area contributed by atoms with Gasteiger partial charge in [-0.15, -0.1) is 0 Å². The molecule has 0 aliphatic carbocycles. The number of benzene rings is 1. The van der Waals surface area contributed by atoms with E-state index in [4.69, 9.17) is 0 Å². The molecule has 20 heavy (non-hydrogen) atoms. The van der Waals surface area contributed by atoms with Crippen LogP contribution in [0.5, 0.6) is 0 Å². The van der Waals surface area contributed by atoms with E-state index in [0.717, 1.165) is 6.42 Å². The standard InChI is InChI=1S/C18H31NO/c1-5-6-7-16-8-10-17(11-9-16)15(4)19-13-18(20)12-14(2)3/h8-11,14-15,18-20H,5-7,12-13H2,1-4H3. The van der Waals surface area contributed by atoms with Crippen molar-refractivity contribution in [1.82, 2.24) is 5.32 Å². The second kappa shape index (κ2) is 9.15. The van der Waals surface area contributed by atoms with E-state index >= 15 is 0 Å². The number of aryl methyl sites for hydroxylation is 1. The first-order valence-electron chi connectivity index (χ1n) is 8.03. The lowest BCUT2D eigenvalue weighted by Gasteiger charge is -2.19. The summed E-state index contributed by atoms with van der Waals surface area (Å²) in [6, 6.07) is 9.16. The zero-order valence-electron chi connectivity index (χ0n) is 13.5. The third-order valence-corrected chi connectivity index (χ3v) is 3.70. The van der Waals surface area contributed by atoms with Gasteiger partial charge in [-0.25, -0.2) is 0 Å². The van der Waals surface area contributed by atoms with Crippen molar-refractivity contribution in [3.05, 3.63) is 35.4 Å². The Morgan fingerprint density at radius 1 is 1.10 bits per heavy atom. The van der Waals surface area contributed by atoms with E-state index in [0.29, 0.717) is 12.5 Å². The van der Waals surface area contributed by atoms with Crippen LogP contribution in [-0.4, -0.2) is 17.8 Å². The SMILES string of the molecule is CCCCc1ccc(C(C)NCC(O)CC(C)C)cc1. The van der Waals surface area contributed by atoms with Crippen LogP contribution in [0.1, 0.15) is 64.1 Å². The third-order valence-electron chi connectivity index (χ3n) is 3.70. The molecule has 0 aliphatic heterocycles. The van der Waals surface area contributed by atoms with Crippen molar-refractivity contribution < 1.29 is 5.11 Å². The van der Waals surface area contributed by atoms with Crippen molar-refractivity contribution in [3.8, 4) is 0 Å². The summed E-state index contributed by atoms with van der Waals surface area (Å²) in [5.74, 6) is 0.542. The number of aliphatic hydroxyl groups is 1. The Bertz CT molecular complexity index is 358. The maximum Gasteiger partial charge on any atom is 0.0667 e. The lowest BCUT2D eigenvalue weighted by Crippen LogP contribution is -2.29. The van der Waals surface area contributed by atoms with Gasteiger partial charge in [0.15, 0.2) is 0 Å². The Labute approximate surface area is 124 Å². The predicted molar refractivity (Wildman–Crippen MR) is 86.9 cm³/mol. The molecule has 1 rings (SSSR count). The summed E-state index contributed by atoms with van der Waals surface area (Å²) in [6.45, 7) is 9.33. The largest absolute Gasteiger partial charge is 0.392 e. The van der Waals surface area contributed by atoms with Gasteiger partial charge in [0.2, 0.25) is 0 Å². The van der Waals surface area contributed by atoms with Crippen LogP contribution in [0, 0.1) is 5.92 Å². The van der Waals surface area contributed by atoms with Crippen LogP contribution in [0.25, 0.3) is 0 Å². The lowest BCUT2D eigenvalue weighted by molar-refractivity contribution is 0.143. The van der Waals surface area contributed by atoms with Crippen LogP contribution in [0.15, 0.2) is 24.3 Å². The van der Waals surface area contributed by atoms with Gasteiger partial charge in [-0.3, -0.25) is 0 Å².